The number of rotatable bonds is 4. The summed E-state index contributed by atoms with van der Waals surface area (Å²) >= 11 is 0. The normalized spacial score (nSPS) is 16.0. The third kappa shape index (κ3) is 4.10. The van der Waals surface area contributed by atoms with Crippen LogP contribution in [0.3, 0.4) is 0 Å². The molecule has 132 valence electrons. The summed E-state index contributed by atoms with van der Waals surface area (Å²) in [5, 5.41) is -0.405. The first-order chi connectivity index (χ1) is 12.0. The Hall–Kier alpha value is -2.14. The molecule has 3 rings (SSSR count). The van der Waals surface area contributed by atoms with Crippen LogP contribution < -0.4 is 0 Å². The van der Waals surface area contributed by atoms with Crippen LogP contribution in [0.2, 0.25) is 0 Å². The van der Waals surface area contributed by atoms with Crippen molar-refractivity contribution in [2.45, 2.75) is 36.3 Å². The largest absolute Gasteiger partial charge is 0.342 e. The van der Waals surface area contributed by atoms with Gasteiger partial charge in [-0.3, -0.25) is 4.79 Å². The molecule has 1 fully saturated rings. The Bertz CT molecular complexity index is 838. The molecular weight excluding hydrogens is 334 g/mol. The number of hydrogen-bond donors (Lipinski definition) is 0. The average Bonchev–Trinajstić information content (AvgIpc) is 2.62. The van der Waals surface area contributed by atoms with E-state index in [9.17, 15) is 13.2 Å². The Morgan fingerprint density at radius 2 is 1.72 bits per heavy atom. The third-order valence-corrected chi connectivity index (χ3v) is 7.02. The predicted molar refractivity (Wildman–Crippen MR) is 98.1 cm³/mol. The van der Waals surface area contributed by atoms with Gasteiger partial charge in [-0.05, 0) is 37.5 Å². The van der Waals surface area contributed by atoms with Crippen molar-refractivity contribution < 1.29 is 13.2 Å². The van der Waals surface area contributed by atoms with Gasteiger partial charge in [0.1, 0.15) is 0 Å². The van der Waals surface area contributed by atoms with Crippen LogP contribution >= 0.6 is 0 Å². The van der Waals surface area contributed by atoms with Gasteiger partial charge in [0.25, 0.3) is 0 Å². The summed E-state index contributed by atoms with van der Waals surface area (Å²) in [6.45, 7) is 3.01. The summed E-state index contributed by atoms with van der Waals surface area (Å²) in [5.41, 5.74) is 2.14. The van der Waals surface area contributed by atoms with Crippen molar-refractivity contribution in [3.63, 3.8) is 0 Å². The van der Waals surface area contributed by atoms with E-state index in [4.69, 9.17) is 0 Å². The van der Waals surface area contributed by atoms with Crippen LogP contribution in [0.4, 0.5) is 0 Å². The van der Waals surface area contributed by atoms with E-state index in [1.807, 2.05) is 37.3 Å². The second-order valence-corrected chi connectivity index (χ2v) is 8.83. The van der Waals surface area contributed by atoms with Crippen LogP contribution in [-0.4, -0.2) is 37.6 Å². The molecule has 1 amide bonds. The van der Waals surface area contributed by atoms with Crippen molar-refractivity contribution in [1.82, 2.24) is 4.90 Å². The Morgan fingerprint density at radius 1 is 1.04 bits per heavy atom. The van der Waals surface area contributed by atoms with Crippen molar-refractivity contribution in [3.05, 3.63) is 65.7 Å². The highest BCUT2D eigenvalue weighted by Crippen LogP contribution is 2.24. The van der Waals surface area contributed by atoms with E-state index in [2.05, 4.69) is 0 Å². The molecule has 0 atom stereocenters. The van der Waals surface area contributed by atoms with Crippen LogP contribution in [0.15, 0.2) is 59.5 Å². The lowest BCUT2D eigenvalue weighted by Crippen LogP contribution is -2.43. The van der Waals surface area contributed by atoms with E-state index in [-0.39, 0.29) is 5.91 Å². The van der Waals surface area contributed by atoms with Gasteiger partial charge in [0.2, 0.25) is 5.91 Å². The summed E-state index contributed by atoms with van der Waals surface area (Å²) in [6, 6.07) is 16.5. The van der Waals surface area contributed by atoms with E-state index in [0.29, 0.717) is 37.2 Å². The number of carbonyl (C=O) groups excluding carboxylic acids is 1. The quantitative estimate of drug-likeness (QED) is 0.845. The first kappa shape index (κ1) is 17.7. The zero-order chi connectivity index (χ0) is 17.9. The maximum absolute atomic E-state index is 12.7. The lowest BCUT2D eigenvalue weighted by atomic mass is 10.1. The van der Waals surface area contributed by atoms with E-state index in [1.165, 1.54) is 0 Å². The minimum Gasteiger partial charge on any atom is -0.342 e. The van der Waals surface area contributed by atoms with Crippen molar-refractivity contribution in [2.24, 2.45) is 0 Å². The van der Waals surface area contributed by atoms with Crippen LogP contribution in [0.25, 0.3) is 0 Å². The molecule has 0 bridgehead atoms. The van der Waals surface area contributed by atoms with Gasteiger partial charge in [0, 0.05) is 13.1 Å². The average molecular weight is 357 g/mol. The highest BCUT2D eigenvalue weighted by Gasteiger charge is 2.32. The molecule has 5 heteroatoms. The molecule has 0 N–H and O–H groups in total. The SMILES string of the molecule is Cc1cccc(CC(=O)N2CCC(S(=O)(=O)c3ccccc3)CC2)c1. The summed E-state index contributed by atoms with van der Waals surface area (Å²) in [5.74, 6) is 0.0705. The summed E-state index contributed by atoms with van der Waals surface area (Å²) in [4.78, 5) is 14.6. The Kier molecular flexibility index (Phi) is 5.23. The molecule has 2 aromatic rings. The van der Waals surface area contributed by atoms with Crippen molar-refractivity contribution >= 4 is 15.7 Å². The van der Waals surface area contributed by atoms with Gasteiger partial charge in [-0.25, -0.2) is 8.42 Å². The number of hydrogen-bond acceptors (Lipinski definition) is 3. The molecule has 1 aliphatic heterocycles. The van der Waals surface area contributed by atoms with E-state index in [1.54, 1.807) is 29.2 Å². The molecular formula is C20H23NO3S. The molecule has 4 nitrogen and oxygen atoms in total. The Labute approximate surface area is 149 Å². The minimum atomic E-state index is -3.31. The van der Waals surface area contributed by atoms with Gasteiger partial charge in [0.05, 0.1) is 16.6 Å². The van der Waals surface area contributed by atoms with Gasteiger partial charge in [0.15, 0.2) is 9.84 Å². The number of carbonyl (C=O) groups is 1. The molecule has 0 aromatic heterocycles. The first-order valence-corrected chi connectivity index (χ1v) is 10.1. The van der Waals surface area contributed by atoms with Gasteiger partial charge in [-0.15, -0.1) is 0 Å². The molecule has 2 aromatic carbocycles. The van der Waals surface area contributed by atoms with E-state index in [0.717, 1.165) is 11.1 Å². The molecule has 0 unspecified atom stereocenters. The fourth-order valence-electron chi connectivity index (χ4n) is 3.33. The highest BCUT2D eigenvalue weighted by atomic mass is 32.2. The third-order valence-electron chi connectivity index (χ3n) is 4.74. The number of piperidine rings is 1. The number of benzene rings is 2. The maximum Gasteiger partial charge on any atom is 0.226 e. The molecule has 0 saturated carbocycles. The first-order valence-electron chi connectivity index (χ1n) is 8.59. The fraction of sp³-hybridized carbons (Fsp3) is 0.350. The summed E-state index contributed by atoms with van der Waals surface area (Å²) < 4.78 is 25.4. The van der Waals surface area contributed by atoms with Crippen LogP contribution in [0, 0.1) is 6.92 Å². The lowest BCUT2D eigenvalue weighted by molar-refractivity contribution is -0.131. The van der Waals surface area contributed by atoms with Crippen LogP contribution in [0.5, 0.6) is 0 Å². The predicted octanol–water partition coefficient (Wildman–Crippen LogP) is 3.00. The number of nitrogens with zero attached hydrogens (tertiary/aromatic N) is 1. The monoisotopic (exact) mass is 357 g/mol. The smallest absolute Gasteiger partial charge is 0.226 e. The van der Waals surface area contributed by atoms with Crippen LogP contribution in [0.1, 0.15) is 24.0 Å². The molecule has 1 saturated heterocycles. The summed E-state index contributed by atoms with van der Waals surface area (Å²) in [7, 11) is -3.31. The number of aryl methyl sites for hydroxylation is 1. The summed E-state index contributed by atoms with van der Waals surface area (Å²) in [6.07, 6.45) is 1.37. The molecule has 25 heavy (non-hydrogen) atoms. The Balaban J connectivity index is 1.61. The molecule has 0 radical (unpaired) electrons. The molecule has 1 heterocycles. The second kappa shape index (κ2) is 7.40. The van der Waals surface area contributed by atoms with Gasteiger partial charge < -0.3 is 4.90 Å². The lowest BCUT2D eigenvalue weighted by Gasteiger charge is -2.32. The Morgan fingerprint density at radius 3 is 2.36 bits per heavy atom. The number of sulfone groups is 1. The van der Waals surface area contributed by atoms with Gasteiger partial charge >= 0.3 is 0 Å². The van der Waals surface area contributed by atoms with Crippen LogP contribution in [-0.2, 0) is 21.1 Å². The molecule has 0 spiro atoms. The van der Waals surface area contributed by atoms with E-state index < -0.39 is 15.1 Å². The zero-order valence-electron chi connectivity index (χ0n) is 14.4. The fourth-order valence-corrected chi connectivity index (χ4v) is 5.08. The topological polar surface area (TPSA) is 54.5 Å². The van der Waals surface area contributed by atoms with Gasteiger partial charge in [-0.2, -0.15) is 0 Å². The van der Waals surface area contributed by atoms with E-state index >= 15 is 0 Å². The zero-order valence-corrected chi connectivity index (χ0v) is 15.2. The molecule has 0 aliphatic carbocycles. The second-order valence-electron chi connectivity index (χ2n) is 6.60. The maximum atomic E-state index is 12.7. The van der Waals surface area contributed by atoms with Crippen molar-refractivity contribution in [2.75, 3.05) is 13.1 Å². The minimum absolute atomic E-state index is 0.0705. The highest BCUT2D eigenvalue weighted by molar-refractivity contribution is 7.92. The van der Waals surface area contributed by atoms with Crippen molar-refractivity contribution in [3.8, 4) is 0 Å². The number of amides is 1. The molecule has 1 aliphatic rings. The van der Waals surface area contributed by atoms with Crippen molar-refractivity contribution in [1.29, 1.82) is 0 Å². The number of likely N-dealkylation sites (tertiary alicyclic amines) is 1. The standard InChI is InChI=1S/C20H23NO3S/c1-16-6-5-7-17(14-16)15-20(22)21-12-10-19(11-13-21)25(23,24)18-8-3-2-4-9-18/h2-9,14,19H,10-13,15H2,1H3. The van der Waals surface area contributed by atoms with Gasteiger partial charge in [-0.1, -0.05) is 48.0 Å².